The molecule has 0 aromatic heterocycles. The number of carbonyl (C=O) groups is 1. The zero-order chi connectivity index (χ0) is 13.1. The second-order valence-electron chi connectivity index (χ2n) is 3.89. The van der Waals surface area contributed by atoms with Crippen LogP contribution in [0.25, 0.3) is 0 Å². The summed E-state index contributed by atoms with van der Waals surface area (Å²) in [6.07, 6.45) is 0. The average molecular weight is 245 g/mol. The van der Waals surface area contributed by atoms with Crippen molar-refractivity contribution in [1.29, 1.82) is 0 Å². The molecule has 3 nitrogen and oxygen atoms in total. The Morgan fingerprint density at radius 3 is 2.17 bits per heavy atom. The molecule has 0 fully saturated rings. The predicted octanol–water partition coefficient (Wildman–Crippen LogP) is 2.81. The van der Waals surface area contributed by atoms with Gasteiger partial charge in [-0.1, -0.05) is 0 Å². The van der Waals surface area contributed by atoms with E-state index in [0.29, 0.717) is 11.3 Å². The van der Waals surface area contributed by atoms with Gasteiger partial charge >= 0.3 is 0 Å². The highest BCUT2D eigenvalue weighted by Gasteiger charge is 2.13. The summed E-state index contributed by atoms with van der Waals surface area (Å²) in [4.78, 5) is 13.5. The first-order valence-corrected chi connectivity index (χ1v) is 5.40. The second kappa shape index (κ2) is 4.87. The normalized spacial score (nSPS) is 10.1. The number of benzene rings is 2. The first-order valence-electron chi connectivity index (χ1n) is 5.40. The number of nitrogens with zero attached hydrogens (tertiary/aromatic N) is 1. The molecule has 0 heterocycles. The number of amides is 1. The van der Waals surface area contributed by atoms with Crippen molar-refractivity contribution in [3.8, 4) is 5.75 Å². The number of aromatic hydroxyl groups is 1. The van der Waals surface area contributed by atoms with Gasteiger partial charge < -0.3 is 10.0 Å². The summed E-state index contributed by atoms with van der Waals surface area (Å²) >= 11 is 0. The van der Waals surface area contributed by atoms with Crippen LogP contribution in [-0.2, 0) is 0 Å². The molecule has 92 valence electrons. The molecule has 0 unspecified atom stereocenters. The lowest BCUT2D eigenvalue weighted by Crippen LogP contribution is -2.26. The van der Waals surface area contributed by atoms with Crippen LogP contribution in [0.4, 0.5) is 10.1 Å². The highest BCUT2D eigenvalue weighted by atomic mass is 19.1. The Morgan fingerprint density at radius 2 is 1.61 bits per heavy atom. The SMILES string of the molecule is CN(C(=O)c1ccc(F)cc1)c1ccc(O)cc1. The molecule has 18 heavy (non-hydrogen) atoms. The van der Waals surface area contributed by atoms with Gasteiger partial charge in [0.05, 0.1) is 0 Å². The van der Waals surface area contributed by atoms with Crippen molar-refractivity contribution in [3.63, 3.8) is 0 Å². The molecule has 2 aromatic carbocycles. The molecule has 0 aliphatic heterocycles. The lowest BCUT2D eigenvalue weighted by atomic mass is 10.2. The van der Waals surface area contributed by atoms with Gasteiger partial charge in [0.2, 0.25) is 0 Å². The van der Waals surface area contributed by atoms with E-state index in [-0.39, 0.29) is 17.5 Å². The fraction of sp³-hybridized carbons (Fsp3) is 0.0714. The fourth-order valence-corrected chi connectivity index (χ4v) is 1.58. The van der Waals surface area contributed by atoms with Crippen LogP contribution < -0.4 is 4.90 Å². The Hall–Kier alpha value is -2.36. The molecule has 2 aromatic rings. The Morgan fingerprint density at radius 1 is 1.06 bits per heavy atom. The molecule has 0 aliphatic carbocycles. The topological polar surface area (TPSA) is 40.5 Å². The minimum absolute atomic E-state index is 0.140. The molecule has 1 N–H and O–H groups in total. The van der Waals surface area contributed by atoms with Crippen LogP contribution in [0.2, 0.25) is 0 Å². The molecule has 1 amide bonds. The van der Waals surface area contributed by atoms with E-state index in [1.54, 1.807) is 19.2 Å². The Kier molecular flexibility index (Phi) is 3.28. The van der Waals surface area contributed by atoms with E-state index in [0.717, 1.165) is 0 Å². The first kappa shape index (κ1) is 12.1. The quantitative estimate of drug-likeness (QED) is 0.883. The largest absolute Gasteiger partial charge is 0.508 e. The van der Waals surface area contributed by atoms with E-state index < -0.39 is 0 Å². The number of carbonyl (C=O) groups excluding carboxylic acids is 1. The molecular formula is C14H12FNO2. The Balaban J connectivity index is 2.23. The van der Waals surface area contributed by atoms with E-state index in [4.69, 9.17) is 0 Å². The van der Waals surface area contributed by atoms with Gasteiger partial charge in [-0.05, 0) is 48.5 Å². The average Bonchev–Trinajstić information content (AvgIpc) is 2.39. The van der Waals surface area contributed by atoms with Crippen LogP contribution in [0.1, 0.15) is 10.4 Å². The van der Waals surface area contributed by atoms with Crippen LogP contribution in [-0.4, -0.2) is 18.1 Å². The Bertz CT molecular complexity index is 549. The lowest BCUT2D eigenvalue weighted by Gasteiger charge is -2.17. The maximum absolute atomic E-state index is 12.8. The minimum Gasteiger partial charge on any atom is -0.508 e. The predicted molar refractivity (Wildman–Crippen MR) is 67.2 cm³/mol. The van der Waals surface area contributed by atoms with Crippen LogP contribution in [0.3, 0.4) is 0 Å². The maximum atomic E-state index is 12.8. The zero-order valence-corrected chi connectivity index (χ0v) is 9.80. The fourth-order valence-electron chi connectivity index (χ4n) is 1.58. The lowest BCUT2D eigenvalue weighted by molar-refractivity contribution is 0.0993. The van der Waals surface area contributed by atoms with E-state index in [2.05, 4.69) is 0 Å². The number of rotatable bonds is 2. The molecule has 0 bridgehead atoms. The first-order chi connectivity index (χ1) is 8.58. The molecule has 0 saturated carbocycles. The molecule has 2 rings (SSSR count). The highest BCUT2D eigenvalue weighted by molar-refractivity contribution is 6.05. The summed E-state index contributed by atoms with van der Waals surface area (Å²) in [6, 6.07) is 11.7. The van der Waals surface area contributed by atoms with Crippen LogP contribution >= 0.6 is 0 Å². The third-order valence-electron chi connectivity index (χ3n) is 2.63. The standard InChI is InChI=1S/C14H12FNO2/c1-16(12-6-8-13(17)9-7-12)14(18)10-2-4-11(15)5-3-10/h2-9,17H,1H3. The van der Waals surface area contributed by atoms with Crippen molar-refractivity contribution < 1.29 is 14.3 Å². The van der Waals surface area contributed by atoms with Gasteiger partial charge in [0.15, 0.2) is 0 Å². The zero-order valence-electron chi connectivity index (χ0n) is 9.80. The molecule has 0 saturated heterocycles. The van der Waals surface area contributed by atoms with Gasteiger partial charge in [-0.2, -0.15) is 0 Å². The van der Waals surface area contributed by atoms with Crippen LogP contribution in [0.15, 0.2) is 48.5 Å². The van der Waals surface area contributed by atoms with Crippen molar-refractivity contribution in [3.05, 3.63) is 59.9 Å². The van der Waals surface area contributed by atoms with Crippen molar-refractivity contribution >= 4 is 11.6 Å². The monoisotopic (exact) mass is 245 g/mol. The molecule has 0 radical (unpaired) electrons. The summed E-state index contributed by atoms with van der Waals surface area (Å²) in [5, 5.41) is 9.18. The number of hydrogen-bond acceptors (Lipinski definition) is 2. The van der Waals surface area contributed by atoms with Gasteiger partial charge in [0.1, 0.15) is 11.6 Å². The molecule has 0 spiro atoms. The number of phenols is 1. The third-order valence-corrected chi connectivity index (χ3v) is 2.63. The maximum Gasteiger partial charge on any atom is 0.258 e. The van der Waals surface area contributed by atoms with Gasteiger partial charge in [-0.15, -0.1) is 0 Å². The second-order valence-corrected chi connectivity index (χ2v) is 3.89. The van der Waals surface area contributed by atoms with Crippen molar-refractivity contribution in [2.24, 2.45) is 0 Å². The van der Waals surface area contributed by atoms with Crippen LogP contribution in [0, 0.1) is 5.82 Å². The summed E-state index contributed by atoms with van der Waals surface area (Å²) in [5.74, 6) is -0.471. The van der Waals surface area contributed by atoms with Crippen molar-refractivity contribution in [2.45, 2.75) is 0 Å². The molecular weight excluding hydrogens is 233 g/mol. The summed E-state index contributed by atoms with van der Waals surface area (Å²) in [5.41, 5.74) is 1.06. The number of halogens is 1. The highest BCUT2D eigenvalue weighted by Crippen LogP contribution is 2.19. The van der Waals surface area contributed by atoms with Gasteiger partial charge in [-0.25, -0.2) is 4.39 Å². The smallest absolute Gasteiger partial charge is 0.258 e. The van der Waals surface area contributed by atoms with E-state index >= 15 is 0 Å². The van der Waals surface area contributed by atoms with Gasteiger partial charge in [-0.3, -0.25) is 4.79 Å². The van der Waals surface area contributed by atoms with E-state index in [1.807, 2.05) is 0 Å². The summed E-state index contributed by atoms with van der Waals surface area (Å²) in [6.45, 7) is 0. The molecule has 0 aliphatic rings. The number of phenolic OH excluding ortho intramolecular Hbond substituents is 1. The minimum atomic E-state index is -0.376. The molecule has 0 atom stereocenters. The molecule has 4 heteroatoms. The number of hydrogen-bond donors (Lipinski definition) is 1. The van der Waals surface area contributed by atoms with E-state index in [9.17, 15) is 14.3 Å². The van der Waals surface area contributed by atoms with Crippen LogP contribution in [0.5, 0.6) is 5.75 Å². The summed E-state index contributed by atoms with van der Waals surface area (Å²) in [7, 11) is 1.62. The van der Waals surface area contributed by atoms with Crippen molar-refractivity contribution in [2.75, 3.05) is 11.9 Å². The van der Waals surface area contributed by atoms with Crippen molar-refractivity contribution in [1.82, 2.24) is 0 Å². The third kappa shape index (κ3) is 2.48. The van der Waals surface area contributed by atoms with Gasteiger partial charge in [0.25, 0.3) is 5.91 Å². The summed E-state index contributed by atoms with van der Waals surface area (Å²) < 4.78 is 12.8. The number of anilines is 1. The Labute approximate surface area is 104 Å². The van der Waals surface area contributed by atoms with Gasteiger partial charge in [0, 0.05) is 18.3 Å². The van der Waals surface area contributed by atoms with E-state index in [1.165, 1.54) is 41.3 Å².